The Hall–Kier alpha value is -3.44. The number of esters is 1. The molecule has 0 aromatic rings. The molecule has 4 atom stereocenters. The fourth-order valence-electron chi connectivity index (χ4n) is 4.51. The Kier molecular flexibility index (Phi) is 19.8. The van der Waals surface area contributed by atoms with Crippen LogP contribution in [0, 0.1) is 23.2 Å². The van der Waals surface area contributed by atoms with Crippen molar-refractivity contribution in [2.24, 2.45) is 23.2 Å². The SMILES string of the molecule is C=CCNC(=O)C(=O)C(CCC)NC(=O)C1C(C)CCN1C(=O)C(NC(=O)NCC(=O)OCC1CC1)C(C)(C)C.CC.CC(C)C. The molecule has 1 heterocycles. The van der Waals surface area contributed by atoms with Crippen LogP contribution >= 0.6 is 0 Å². The van der Waals surface area contributed by atoms with Crippen LogP contribution in [0.5, 0.6) is 0 Å². The molecule has 2 rings (SSSR count). The third kappa shape index (κ3) is 15.7. The zero-order valence-electron chi connectivity index (χ0n) is 29.9. The summed E-state index contributed by atoms with van der Waals surface area (Å²) in [6, 6.07) is -3.63. The Labute approximate surface area is 276 Å². The highest BCUT2D eigenvalue weighted by Crippen LogP contribution is 2.30. The number of Topliss-reactive ketones (excluding diaryl/α,β-unsaturated/α-hetero) is 1. The van der Waals surface area contributed by atoms with E-state index in [1.165, 1.54) is 11.0 Å². The van der Waals surface area contributed by atoms with Gasteiger partial charge in [-0.15, -0.1) is 6.58 Å². The Bertz CT molecular complexity index is 1020. The predicted octanol–water partition coefficient (Wildman–Crippen LogP) is 3.74. The molecule has 0 spiro atoms. The number of hydrogen-bond donors (Lipinski definition) is 4. The molecule has 46 heavy (non-hydrogen) atoms. The van der Waals surface area contributed by atoms with Gasteiger partial charge in [0.2, 0.25) is 17.6 Å². The maximum atomic E-state index is 13.8. The maximum absolute atomic E-state index is 13.8. The fourth-order valence-corrected chi connectivity index (χ4v) is 4.51. The fraction of sp³-hybridized carbons (Fsp3) is 0.765. The number of carbonyl (C=O) groups is 6. The highest BCUT2D eigenvalue weighted by Gasteiger charge is 2.45. The second kappa shape index (κ2) is 21.4. The van der Waals surface area contributed by atoms with Crippen LogP contribution in [0.1, 0.15) is 101 Å². The summed E-state index contributed by atoms with van der Waals surface area (Å²) in [6.07, 6.45) is 4.87. The van der Waals surface area contributed by atoms with E-state index in [9.17, 15) is 28.8 Å². The summed E-state index contributed by atoms with van der Waals surface area (Å²) >= 11 is 0. The summed E-state index contributed by atoms with van der Waals surface area (Å²) in [5.41, 5.74) is -0.724. The number of amides is 5. The lowest BCUT2D eigenvalue weighted by Gasteiger charge is -2.36. The first kappa shape index (κ1) is 42.6. The van der Waals surface area contributed by atoms with Crippen LogP contribution in [-0.4, -0.2) is 84.8 Å². The Morgan fingerprint density at radius 2 is 1.57 bits per heavy atom. The van der Waals surface area contributed by atoms with Crippen LogP contribution in [0.3, 0.4) is 0 Å². The smallest absolute Gasteiger partial charge is 0.325 e. The monoisotopic (exact) mass is 651 g/mol. The lowest BCUT2D eigenvalue weighted by Crippen LogP contribution is -2.60. The first-order valence-electron chi connectivity index (χ1n) is 16.8. The van der Waals surface area contributed by atoms with Gasteiger partial charge in [-0.1, -0.05) is 81.7 Å². The molecule has 5 amide bonds. The van der Waals surface area contributed by atoms with E-state index in [0.29, 0.717) is 25.4 Å². The molecule has 12 heteroatoms. The Morgan fingerprint density at radius 1 is 0.978 bits per heavy atom. The summed E-state index contributed by atoms with van der Waals surface area (Å²) in [4.78, 5) is 78.1. The average molecular weight is 652 g/mol. The molecule has 1 saturated heterocycles. The Balaban J connectivity index is 0.00000312. The molecule has 264 valence electrons. The number of ketones is 1. The van der Waals surface area contributed by atoms with Gasteiger partial charge in [-0.2, -0.15) is 0 Å². The van der Waals surface area contributed by atoms with E-state index in [1.54, 1.807) is 20.8 Å². The summed E-state index contributed by atoms with van der Waals surface area (Å²) in [7, 11) is 0. The van der Waals surface area contributed by atoms with E-state index in [4.69, 9.17) is 4.74 Å². The second-order valence-electron chi connectivity index (χ2n) is 13.4. The molecule has 0 aromatic heterocycles. The summed E-state index contributed by atoms with van der Waals surface area (Å²) in [6.45, 7) is 23.4. The van der Waals surface area contributed by atoms with Gasteiger partial charge in [0.15, 0.2) is 0 Å². The number of nitrogens with one attached hydrogen (secondary N) is 4. The predicted molar refractivity (Wildman–Crippen MR) is 180 cm³/mol. The molecular weight excluding hydrogens is 590 g/mol. The van der Waals surface area contributed by atoms with Crippen molar-refractivity contribution in [1.29, 1.82) is 0 Å². The van der Waals surface area contributed by atoms with Crippen LogP contribution in [0.4, 0.5) is 4.79 Å². The zero-order chi connectivity index (χ0) is 35.6. The molecule has 2 aliphatic rings. The minimum Gasteiger partial charge on any atom is -0.464 e. The third-order valence-electron chi connectivity index (χ3n) is 7.05. The third-order valence-corrected chi connectivity index (χ3v) is 7.05. The van der Waals surface area contributed by atoms with E-state index < -0.39 is 59.0 Å². The molecule has 0 radical (unpaired) electrons. The Morgan fingerprint density at radius 3 is 2.07 bits per heavy atom. The molecule has 0 bridgehead atoms. The van der Waals surface area contributed by atoms with Gasteiger partial charge in [0.05, 0.1) is 12.6 Å². The van der Waals surface area contributed by atoms with Gasteiger partial charge >= 0.3 is 12.0 Å². The van der Waals surface area contributed by atoms with Crippen LogP contribution in [0.25, 0.3) is 0 Å². The van der Waals surface area contributed by atoms with Crippen molar-refractivity contribution >= 4 is 35.5 Å². The number of carbonyl (C=O) groups excluding carboxylic acids is 6. The van der Waals surface area contributed by atoms with Gasteiger partial charge in [0.25, 0.3) is 5.91 Å². The molecule has 1 aliphatic heterocycles. The van der Waals surface area contributed by atoms with Crippen molar-refractivity contribution in [2.45, 2.75) is 119 Å². The summed E-state index contributed by atoms with van der Waals surface area (Å²) < 4.78 is 5.11. The van der Waals surface area contributed by atoms with E-state index in [0.717, 1.165) is 18.8 Å². The quantitative estimate of drug-likeness (QED) is 0.126. The molecule has 4 N–H and O–H groups in total. The first-order chi connectivity index (χ1) is 21.5. The molecule has 0 aromatic carbocycles. The van der Waals surface area contributed by atoms with Crippen LogP contribution < -0.4 is 21.3 Å². The van der Waals surface area contributed by atoms with Crippen LogP contribution in [0.2, 0.25) is 0 Å². The van der Waals surface area contributed by atoms with Gasteiger partial charge in [-0.3, -0.25) is 24.0 Å². The lowest BCUT2D eigenvalue weighted by atomic mass is 9.85. The van der Waals surface area contributed by atoms with Crippen molar-refractivity contribution in [3.05, 3.63) is 12.7 Å². The van der Waals surface area contributed by atoms with Crippen molar-refractivity contribution < 1.29 is 33.5 Å². The van der Waals surface area contributed by atoms with Crippen molar-refractivity contribution in [3.8, 4) is 0 Å². The molecular formula is C34H61N5O7. The lowest BCUT2D eigenvalue weighted by molar-refractivity contribution is -0.144. The zero-order valence-corrected chi connectivity index (χ0v) is 29.9. The number of ether oxygens (including phenoxy) is 1. The van der Waals surface area contributed by atoms with E-state index in [1.807, 2.05) is 27.7 Å². The van der Waals surface area contributed by atoms with E-state index in [2.05, 4.69) is 48.6 Å². The minimum atomic E-state index is -1.03. The standard InChI is InChI=1S/C28H45N5O7.C4H10.C2H6/c1-7-9-19(22(35)25(37)29-13-8-2)31-24(36)21-17(3)12-14-33(21)26(38)23(28(4,5)6)32-27(39)30-15-20(34)40-16-18-10-11-18;1-4(2)3;1-2/h8,17-19,21,23H,2,7,9-16H2,1,3-6H3,(H,29,37)(H,31,36)(H2,30,32,39);4H,1-3H3;1-2H3. The maximum Gasteiger partial charge on any atom is 0.325 e. The number of urea groups is 1. The van der Waals surface area contributed by atoms with Gasteiger partial charge in [0, 0.05) is 13.1 Å². The van der Waals surface area contributed by atoms with Gasteiger partial charge in [0.1, 0.15) is 18.6 Å². The number of hydrogen-bond acceptors (Lipinski definition) is 7. The molecule has 1 aliphatic carbocycles. The minimum absolute atomic E-state index is 0.121. The van der Waals surface area contributed by atoms with Gasteiger partial charge in [-0.05, 0) is 48.9 Å². The highest BCUT2D eigenvalue weighted by atomic mass is 16.5. The van der Waals surface area contributed by atoms with Crippen LogP contribution in [0.15, 0.2) is 12.7 Å². The topological polar surface area (TPSA) is 163 Å². The van der Waals surface area contributed by atoms with E-state index >= 15 is 0 Å². The number of likely N-dealkylation sites (tertiary alicyclic amines) is 1. The van der Waals surface area contributed by atoms with Crippen molar-refractivity contribution in [2.75, 3.05) is 26.2 Å². The normalized spacial score (nSPS) is 18.4. The molecule has 1 saturated carbocycles. The number of rotatable bonds is 14. The van der Waals surface area contributed by atoms with Crippen molar-refractivity contribution in [3.63, 3.8) is 0 Å². The second-order valence-corrected chi connectivity index (χ2v) is 13.4. The molecule has 4 unspecified atom stereocenters. The average Bonchev–Trinajstić information content (AvgIpc) is 3.74. The highest BCUT2D eigenvalue weighted by molar-refractivity contribution is 6.38. The molecule has 12 nitrogen and oxygen atoms in total. The summed E-state index contributed by atoms with van der Waals surface area (Å²) in [5.74, 6) is -2.10. The van der Waals surface area contributed by atoms with Gasteiger partial charge < -0.3 is 30.9 Å². The molecule has 2 fully saturated rings. The first-order valence-corrected chi connectivity index (χ1v) is 16.8. The van der Waals surface area contributed by atoms with Crippen molar-refractivity contribution in [1.82, 2.24) is 26.2 Å². The number of nitrogens with zero attached hydrogens (tertiary/aromatic N) is 1. The summed E-state index contributed by atoms with van der Waals surface area (Å²) in [5, 5.41) is 10.2. The van der Waals surface area contributed by atoms with Crippen LogP contribution in [-0.2, 0) is 28.7 Å². The van der Waals surface area contributed by atoms with Gasteiger partial charge in [-0.25, -0.2) is 4.79 Å². The largest absolute Gasteiger partial charge is 0.464 e. The van der Waals surface area contributed by atoms with E-state index in [-0.39, 0.29) is 32.0 Å².